The molecule has 4 nitrogen and oxygen atoms in total. The quantitative estimate of drug-likeness (QED) is 0.495. The standard InChI is InChI=1S/C26H35ClN2O2/c1-5-19(4)28-26(31)24(7-3)29(18-22-12-15-23(27)16-13-22)25(30)17-14-21-10-8-20(6-2)9-11-21/h8-13,15-16,19,24H,5-7,14,17-18H2,1-4H3,(H,28,31). The Labute approximate surface area is 192 Å². The average Bonchev–Trinajstić information content (AvgIpc) is 2.78. The molecule has 0 aromatic heterocycles. The molecular formula is C26H35ClN2O2. The van der Waals surface area contributed by atoms with Crippen molar-refractivity contribution in [1.29, 1.82) is 0 Å². The lowest BCUT2D eigenvalue weighted by Gasteiger charge is -2.31. The van der Waals surface area contributed by atoms with Crippen molar-refractivity contribution in [2.24, 2.45) is 0 Å². The van der Waals surface area contributed by atoms with Crippen LogP contribution in [-0.2, 0) is 29.0 Å². The summed E-state index contributed by atoms with van der Waals surface area (Å²) in [5, 5.41) is 3.69. The number of hydrogen-bond donors (Lipinski definition) is 1. The highest BCUT2D eigenvalue weighted by Crippen LogP contribution is 2.17. The molecule has 0 fully saturated rings. The molecule has 2 atom stereocenters. The Hall–Kier alpha value is -2.33. The van der Waals surface area contributed by atoms with Crippen LogP contribution in [0, 0.1) is 0 Å². The third kappa shape index (κ3) is 7.70. The number of rotatable bonds is 11. The Morgan fingerprint density at radius 2 is 1.48 bits per heavy atom. The molecule has 0 saturated heterocycles. The van der Waals surface area contributed by atoms with Crippen LogP contribution in [0.1, 0.15) is 63.6 Å². The Balaban J connectivity index is 2.18. The molecule has 168 valence electrons. The first-order valence-corrected chi connectivity index (χ1v) is 11.7. The Morgan fingerprint density at radius 1 is 0.903 bits per heavy atom. The van der Waals surface area contributed by atoms with E-state index >= 15 is 0 Å². The molecule has 0 radical (unpaired) electrons. The van der Waals surface area contributed by atoms with Gasteiger partial charge in [0.05, 0.1) is 0 Å². The maximum atomic E-state index is 13.3. The van der Waals surface area contributed by atoms with Crippen LogP contribution in [-0.4, -0.2) is 28.8 Å². The van der Waals surface area contributed by atoms with Gasteiger partial charge in [-0.15, -0.1) is 0 Å². The summed E-state index contributed by atoms with van der Waals surface area (Å²) >= 11 is 6.02. The minimum Gasteiger partial charge on any atom is -0.352 e. The van der Waals surface area contributed by atoms with Crippen LogP contribution >= 0.6 is 11.6 Å². The normalized spacial score (nSPS) is 12.8. The number of aryl methyl sites for hydroxylation is 2. The zero-order valence-electron chi connectivity index (χ0n) is 19.2. The Morgan fingerprint density at radius 3 is 2.03 bits per heavy atom. The van der Waals surface area contributed by atoms with Crippen molar-refractivity contribution in [3.05, 3.63) is 70.2 Å². The van der Waals surface area contributed by atoms with Gasteiger partial charge in [-0.25, -0.2) is 0 Å². The number of carbonyl (C=O) groups is 2. The first kappa shape index (κ1) is 24.9. The monoisotopic (exact) mass is 442 g/mol. The first-order chi connectivity index (χ1) is 14.9. The van der Waals surface area contributed by atoms with Gasteiger partial charge in [-0.3, -0.25) is 9.59 Å². The van der Waals surface area contributed by atoms with Gasteiger partial charge in [0, 0.05) is 24.0 Å². The second kappa shape index (κ2) is 12.5. The number of hydrogen-bond acceptors (Lipinski definition) is 2. The number of nitrogens with zero attached hydrogens (tertiary/aromatic N) is 1. The highest BCUT2D eigenvalue weighted by Gasteiger charge is 2.29. The molecule has 0 aliphatic heterocycles. The number of halogens is 1. The lowest BCUT2D eigenvalue weighted by atomic mass is 10.0. The van der Waals surface area contributed by atoms with Crippen molar-refractivity contribution < 1.29 is 9.59 Å². The minimum absolute atomic E-state index is 0.0133. The van der Waals surface area contributed by atoms with Gasteiger partial charge in [0.25, 0.3) is 0 Å². The lowest BCUT2D eigenvalue weighted by Crippen LogP contribution is -2.50. The van der Waals surface area contributed by atoms with Crippen LogP contribution in [0.5, 0.6) is 0 Å². The van der Waals surface area contributed by atoms with Crippen LogP contribution in [0.25, 0.3) is 0 Å². The second-order valence-corrected chi connectivity index (χ2v) is 8.50. The van der Waals surface area contributed by atoms with E-state index in [0.29, 0.717) is 30.8 Å². The van der Waals surface area contributed by atoms with Crippen LogP contribution in [0.3, 0.4) is 0 Å². The number of carbonyl (C=O) groups excluding carboxylic acids is 2. The van der Waals surface area contributed by atoms with Gasteiger partial charge in [0.1, 0.15) is 6.04 Å². The third-order valence-electron chi connectivity index (χ3n) is 5.71. The molecule has 31 heavy (non-hydrogen) atoms. The zero-order valence-corrected chi connectivity index (χ0v) is 19.9. The predicted octanol–water partition coefficient (Wildman–Crippen LogP) is 5.56. The molecule has 2 rings (SSSR count). The lowest BCUT2D eigenvalue weighted by molar-refractivity contribution is -0.141. The summed E-state index contributed by atoms with van der Waals surface area (Å²) in [6.07, 6.45) is 3.43. The van der Waals surface area contributed by atoms with Crippen LogP contribution in [0.15, 0.2) is 48.5 Å². The van der Waals surface area contributed by atoms with Gasteiger partial charge >= 0.3 is 0 Å². The zero-order chi connectivity index (χ0) is 22.8. The van der Waals surface area contributed by atoms with E-state index in [1.807, 2.05) is 45.0 Å². The maximum absolute atomic E-state index is 13.3. The number of nitrogens with one attached hydrogen (secondary N) is 1. The largest absolute Gasteiger partial charge is 0.352 e. The SMILES string of the molecule is CCc1ccc(CCC(=O)N(Cc2ccc(Cl)cc2)C(CC)C(=O)NC(C)CC)cc1. The molecule has 0 heterocycles. The molecule has 2 aromatic rings. The van der Waals surface area contributed by atoms with E-state index in [1.165, 1.54) is 5.56 Å². The van der Waals surface area contributed by atoms with Gasteiger partial charge in [0.15, 0.2) is 0 Å². The topological polar surface area (TPSA) is 49.4 Å². The number of benzene rings is 2. The van der Waals surface area contributed by atoms with Gasteiger partial charge in [-0.1, -0.05) is 68.8 Å². The molecule has 0 saturated carbocycles. The highest BCUT2D eigenvalue weighted by atomic mass is 35.5. The molecule has 5 heteroatoms. The van der Waals surface area contributed by atoms with Crippen LogP contribution in [0.2, 0.25) is 5.02 Å². The molecule has 2 amide bonds. The fourth-order valence-corrected chi connectivity index (χ4v) is 3.61. The molecule has 1 N–H and O–H groups in total. The molecule has 0 bridgehead atoms. The molecular weight excluding hydrogens is 408 g/mol. The summed E-state index contributed by atoms with van der Waals surface area (Å²) in [4.78, 5) is 28.0. The predicted molar refractivity (Wildman–Crippen MR) is 128 cm³/mol. The van der Waals surface area contributed by atoms with E-state index in [4.69, 9.17) is 11.6 Å². The summed E-state index contributed by atoms with van der Waals surface area (Å²) in [5.74, 6) is -0.105. The third-order valence-corrected chi connectivity index (χ3v) is 5.96. The van der Waals surface area contributed by atoms with Gasteiger partial charge in [-0.2, -0.15) is 0 Å². The van der Waals surface area contributed by atoms with Gasteiger partial charge < -0.3 is 10.2 Å². The Kier molecular flexibility index (Phi) is 10.1. The van der Waals surface area contributed by atoms with Crippen molar-refractivity contribution in [2.45, 2.75) is 78.4 Å². The fraction of sp³-hybridized carbons (Fsp3) is 0.462. The van der Waals surface area contributed by atoms with E-state index in [-0.39, 0.29) is 17.9 Å². The summed E-state index contributed by atoms with van der Waals surface area (Å²) < 4.78 is 0. The van der Waals surface area contributed by atoms with E-state index in [0.717, 1.165) is 24.0 Å². The summed E-state index contributed by atoms with van der Waals surface area (Å²) in [7, 11) is 0. The van der Waals surface area contributed by atoms with Crippen LogP contribution in [0.4, 0.5) is 0 Å². The molecule has 0 aliphatic carbocycles. The summed E-state index contributed by atoms with van der Waals surface area (Å²) in [6.45, 7) is 8.48. The number of amides is 2. The summed E-state index contributed by atoms with van der Waals surface area (Å²) in [6, 6.07) is 15.4. The molecule has 2 unspecified atom stereocenters. The van der Waals surface area contributed by atoms with Crippen molar-refractivity contribution >= 4 is 23.4 Å². The maximum Gasteiger partial charge on any atom is 0.243 e. The van der Waals surface area contributed by atoms with Crippen molar-refractivity contribution in [1.82, 2.24) is 10.2 Å². The van der Waals surface area contributed by atoms with Crippen molar-refractivity contribution in [2.75, 3.05) is 0 Å². The smallest absolute Gasteiger partial charge is 0.243 e. The van der Waals surface area contributed by atoms with E-state index < -0.39 is 6.04 Å². The first-order valence-electron chi connectivity index (χ1n) is 11.3. The van der Waals surface area contributed by atoms with Crippen molar-refractivity contribution in [3.8, 4) is 0 Å². The molecule has 0 aliphatic rings. The van der Waals surface area contributed by atoms with Crippen molar-refractivity contribution in [3.63, 3.8) is 0 Å². The molecule has 2 aromatic carbocycles. The van der Waals surface area contributed by atoms with Crippen LogP contribution < -0.4 is 5.32 Å². The molecule has 0 spiro atoms. The van der Waals surface area contributed by atoms with E-state index in [1.54, 1.807) is 4.90 Å². The fourth-order valence-electron chi connectivity index (χ4n) is 3.48. The van der Waals surface area contributed by atoms with Gasteiger partial charge in [-0.05, 0) is 61.4 Å². The summed E-state index contributed by atoms with van der Waals surface area (Å²) in [5.41, 5.74) is 3.38. The van der Waals surface area contributed by atoms with Gasteiger partial charge in [0.2, 0.25) is 11.8 Å². The van der Waals surface area contributed by atoms with E-state index in [2.05, 4.69) is 36.5 Å². The van der Waals surface area contributed by atoms with E-state index in [9.17, 15) is 9.59 Å². The highest BCUT2D eigenvalue weighted by molar-refractivity contribution is 6.30. The second-order valence-electron chi connectivity index (χ2n) is 8.06. The Bertz CT molecular complexity index is 833. The minimum atomic E-state index is -0.500. The average molecular weight is 443 g/mol.